The van der Waals surface area contributed by atoms with Gasteiger partial charge in [-0.05, 0) is 38.2 Å². The summed E-state index contributed by atoms with van der Waals surface area (Å²) in [6.07, 6.45) is 0. The summed E-state index contributed by atoms with van der Waals surface area (Å²) in [5.74, 6) is 0.415. The SMILES string of the molecule is CNCC1CNC(=O)N(c2ccc(C(C)=O)cc2)C1. The van der Waals surface area contributed by atoms with Gasteiger partial charge in [0.2, 0.25) is 0 Å². The van der Waals surface area contributed by atoms with Gasteiger partial charge in [-0.2, -0.15) is 0 Å². The zero-order valence-electron chi connectivity index (χ0n) is 11.3. The van der Waals surface area contributed by atoms with Crippen LogP contribution < -0.4 is 15.5 Å². The topological polar surface area (TPSA) is 61.4 Å². The molecule has 1 aliphatic heterocycles. The third-order valence-corrected chi connectivity index (χ3v) is 3.31. The van der Waals surface area contributed by atoms with Crippen LogP contribution in [0.3, 0.4) is 0 Å². The van der Waals surface area contributed by atoms with Crippen molar-refractivity contribution in [3.63, 3.8) is 0 Å². The van der Waals surface area contributed by atoms with Gasteiger partial charge < -0.3 is 10.6 Å². The highest BCUT2D eigenvalue weighted by atomic mass is 16.2. The lowest BCUT2D eigenvalue weighted by atomic mass is 10.1. The van der Waals surface area contributed by atoms with E-state index in [0.29, 0.717) is 24.6 Å². The zero-order valence-corrected chi connectivity index (χ0v) is 11.3. The molecule has 1 aromatic carbocycles. The molecule has 5 nitrogen and oxygen atoms in total. The Balaban J connectivity index is 2.14. The van der Waals surface area contributed by atoms with Crippen molar-refractivity contribution in [2.45, 2.75) is 6.92 Å². The van der Waals surface area contributed by atoms with Crippen molar-refractivity contribution in [3.05, 3.63) is 29.8 Å². The average Bonchev–Trinajstić information content (AvgIpc) is 2.41. The number of nitrogens with one attached hydrogen (secondary N) is 2. The molecule has 1 heterocycles. The van der Waals surface area contributed by atoms with Crippen LogP contribution in [0.5, 0.6) is 0 Å². The van der Waals surface area contributed by atoms with Gasteiger partial charge in [-0.1, -0.05) is 0 Å². The predicted octanol–water partition coefficient (Wildman–Crippen LogP) is 1.25. The molecule has 19 heavy (non-hydrogen) atoms. The lowest BCUT2D eigenvalue weighted by molar-refractivity contribution is 0.101. The van der Waals surface area contributed by atoms with Crippen LogP contribution >= 0.6 is 0 Å². The zero-order chi connectivity index (χ0) is 13.8. The monoisotopic (exact) mass is 261 g/mol. The van der Waals surface area contributed by atoms with Gasteiger partial charge in [-0.3, -0.25) is 9.69 Å². The van der Waals surface area contributed by atoms with E-state index >= 15 is 0 Å². The van der Waals surface area contributed by atoms with Crippen molar-refractivity contribution < 1.29 is 9.59 Å². The van der Waals surface area contributed by atoms with Gasteiger partial charge in [0.05, 0.1) is 0 Å². The molecule has 0 aliphatic carbocycles. The molecule has 1 fully saturated rings. The van der Waals surface area contributed by atoms with E-state index in [1.54, 1.807) is 17.0 Å². The van der Waals surface area contributed by atoms with E-state index in [9.17, 15) is 9.59 Å². The summed E-state index contributed by atoms with van der Waals surface area (Å²) in [7, 11) is 1.91. The van der Waals surface area contributed by atoms with Crippen LogP contribution in [-0.4, -0.2) is 38.5 Å². The van der Waals surface area contributed by atoms with Gasteiger partial charge in [0.1, 0.15) is 0 Å². The molecule has 1 unspecified atom stereocenters. The van der Waals surface area contributed by atoms with Crippen molar-refractivity contribution in [2.75, 3.05) is 31.6 Å². The number of hydrogen-bond donors (Lipinski definition) is 2. The molecule has 2 rings (SSSR count). The Morgan fingerprint density at radius 2 is 2.11 bits per heavy atom. The second-order valence-electron chi connectivity index (χ2n) is 4.82. The van der Waals surface area contributed by atoms with Crippen molar-refractivity contribution in [1.82, 2.24) is 10.6 Å². The predicted molar refractivity (Wildman–Crippen MR) is 74.6 cm³/mol. The average molecular weight is 261 g/mol. The fraction of sp³-hybridized carbons (Fsp3) is 0.429. The first kappa shape index (κ1) is 13.5. The van der Waals surface area contributed by atoms with Crippen LogP contribution in [0.25, 0.3) is 0 Å². The number of Topliss-reactive ketones (excluding diaryl/α,β-unsaturated/α-hetero) is 1. The third-order valence-electron chi connectivity index (χ3n) is 3.31. The van der Waals surface area contributed by atoms with Gasteiger partial charge in [0.15, 0.2) is 5.78 Å². The molecule has 1 atom stereocenters. The standard InChI is InChI=1S/C14H19N3O2/c1-10(18)12-3-5-13(6-4-12)17-9-11(7-15-2)8-16-14(17)19/h3-6,11,15H,7-9H2,1-2H3,(H,16,19). The minimum atomic E-state index is -0.0806. The van der Waals surface area contributed by atoms with E-state index in [4.69, 9.17) is 0 Å². The normalized spacial score (nSPS) is 19.2. The molecule has 1 aromatic rings. The molecule has 1 aliphatic rings. The minimum Gasteiger partial charge on any atom is -0.337 e. The number of anilines is 1. The number of hydrogen-bond acceptors (Lipinski definition) is 3. The molecular weight excluding hydrogens is 242 g/mol. The molecule has 5 heteroatoms. The largest absolute Gasteiger partial charge is 0.337 e. The van der Waals surface area contributed by atoms with Gasteiger partial charge in [0, 0.05) is 36.8 Å². The van der Waals surface area contributed by atoms with Crippen LogP contribution in [0.1, 0.15) is 17.3 Å². The van der Waals surface area contributed by atoms with Gasteiger partial charge >= 0.3 is 6.03 Å². The fourth-order valence-electron chi connectivity index (χ4n) is 2.26. The van der Waals surface area contributed by atoms with E-state index in [1.165, 1.54) is 6.92 Å². The quantitative estimate of drug-likeness (QED) is 0.802. The highest BCUT2D eigenvalue weighted by Gasteiger charge is 2.25. The molecule has 2 N–H and O–H groups in total. The molecule has 2 amide bonds. The Morgan fingerprint density at radius 1 is 1.42 bits per heavy atom. The molecule has 0 bridgehead atoms. The first-order chi connectivity index (χ1) is 9.11. The van der Waals surface area contributed by atoms with E-state index < -0.39 is 0 Å². The van der Waals surface area contributed by atoms with Gasteiger partial charge in [0.25, 0.3) is 0 Å². The van der Waals surface area contributed by atoms with Crippen LogP contribution in [0.4, 0.5) is 10.5 Å². The number of benzene rings is 1. The Labute approximate surface area is 113 Å². The Kier molecular flexibility index (Phi) is 4.16. The summed E-state index contributed by atoms with van der Waals surface area (Å²) >= 11 is 0. The Bertz CT molecular complexity index is 470. The maximum absolute atomic E-state index is 11.9. The molecule has 102 valence electrons. The van der Waals surface area contributed by atoms with Crippen molar-refractivity contribution in [1.29, 1.82) is 0 Å². The Morgan fingerprint density at radius 3 is 2.68 bits per heavy atom. The summed E-state index contributed by atoms with van der Waals surface area (Å²) in [5.41, 5.74) is 1.48. The summed E-state index contributed by atoms with van der Waals surface area (Å²) in [5, 5.41) is 6.01. The Hall–Kier alpha value is -1.88. The number of nitrogens with zero attached hydrogens (tertiary/aromatic N) is 1. The number of rotatable bonds is 4. The second-order valence-corrected chi connectivity index (χ2v) is 4.82. The number of carbonyl (C=O) groups is 2. The third kappa shape index (κ3) is 3.12. The maximum Gasteiger partial charge on any atom is 0.321 e. The van der Waals surface area contributed by atoms with Crippen molar-refractivity contribution >= 4 is 17.5 Å². The van der Waals surface area contributed by atoms with Crippen molar-refractivity contribution in [2.24, 2.45) is 5.92 Å². The molecule has 1 saturated heterocycles. The number of urea groups is 1. The van der Waals surface area contributed by atoms with Gasteiger partial charge in [-0.15, -0.1) is 0 Å². The fourth-order valence-corrected chi connectivity index (χ4v) is 2.26. The minimum absolute atomic E-state index is 0.0303. The van der Waals surface area contributed by atoms with Crippen LogP contribution in [0.2, 0.25) is 0 Å². The first-order valence-electron chi connectivity index (χ1n) is 6.42. The second kappa shape index (κ2) is 5.84. The number of carbonyl (C=O) groups excluding carboxylic acids is 2. The summed E-state index contributed by atoms with van der Waals surface area (Å²) in [6, 6.07) is 7.07. The molecule has 0 aromatic heterocycles. The lowest BCUT2D eigenvalue weighted by Crippen LogP contribution is -2.53. The first-order valence-corrected chi connectivity index (χ1v) is 6.42. The number of amides is 2. The van der Waals surface area contributed by atoms with E-state index in [2.05, 4.69) is 10.6 Å². The smallest absolute Gasteiger partial charge is 0.321 e. The highest BCUT2D eigenvalue weighted by Crippen LogP contribution is 2.19. The van der Waals surface area contributed by atoms with Crippen LogP contribution in [0, 0.1) is 5.92 Å². The summed E-state index contributed by atoms with van der Waals surface area (Å²) in [4.78, 5) is 24.8. The molecule has 0 saturated carbocycles. The number of ketones is 1. The maximum atomic E-state index is 11.9. The molecule has 0 radical (unpaired) electrons. The van der Waals surface area contributed by atoms with E-state index in [-0.39, 0.29) is 11.8 Å². The summed E-state index contributed by atoms with van der Waals surface area (Å²) in [6.45, 7) is 3.78. The van der Waals surface area contributed by atoms with Gasteiger partial charge in [-0.25, -0.2) is 4.79 Å². The van der Waals surface area contributed by atoms with Crippen LogP contribution in [0.15, 0.2) is 24.3 Å². The lowest BCUT2D eigenvalue weighted by Gasteiger charge is -2.33. The molecular formula is C14H19N3O2. The van der Waals surface area contributed by atoms with E-state index in [0.717, 1.165) is 12.2 Å². The van der Waals surface area contributed by atoms with Crippen LogP contribution in [-0.2, 0) is 0 Å². The van der Waals surface area contributed by atoms with Crippen molar-refractivity contribution in [3.8, 4) is 0 Å². The molecule has 0 spiro atoms. The highest BCUT2D eigenvalue weighted by molar-refractivity contribution is 5.96. The summed E-state index contributed by atoms with van der Waals surface area (Å²) < 4.78 is 0. The van der Waals surface area contributed by atoms with E-state index in [1.807, 2.05) is 19.2 Å².